The Morgan fingerprint density at radius 2 is 2.25 bits per heavy atom. The van der Waals surface area contributed by atoms with Crippen LogP contribution in [0.3, 0.4) is 0 Å². The number of sulfone groups is 1. The van der Waals surface area contributed by atoms with Crippen molar-refractivity contribution in [2.24, 2.45) is 0 Å². The van der Waals surface area contributed by atoms with E-state index in [2.05, 4.69) is 10.3 Å². The summed E-state index contributed by atoms with van der Waals surface area (Å²) in [6.07, 6.45) is 1.64. The van der Waals surface area contributed by atoms with Gasteiger partial charge < -0.3 is 15.0 Å². The fourth-order valence-electron chi connectivity index (χ4n) is 2.21. The average Bonchev–Trinajstić information content (AvgIpc) is 2.78. The van der Waals surface area contributed by atoms with Crippen LogP contribution < -0.4 is 15.0 Å². The van der Waals surface area contributed by atoms with Crippen LogP contribution in [0.4, 0.5) is 5.13 Å². The first kappa shape index (κ1) is 15.5. The summed E-state index contributed by atoms with van der Waals surface area (Å²) in [6.45, 7) is 0.592. The number of methoxy groups -OCH3 is 1. The first-order valence-corrected chi connectivity index (χ1v) is 9.20. The first-order valence-electron chi connectivity index (χ1n) is 6.56. The number of hydrogen-bond acceptors (Lipinski definition) is 7. The van der Waals surface area contributed by atoms with E-state index in [1.165, 1.54) is 0 Å². The van der Waals surface area contributed by atoms with Crippen LogP contribution in [0, 0.1) is 0 Å². The Hall–Kier alpha value is -0.860. The molecule has 0 amide bonds. The second-order valence-corrected chi connectivity index (χ2v) is 8.45. The third kappa shape index (κ3) is 3.83. The molecule has 0 aromatic carbocycles. The maximum atomic E-state index is 11.6. The summed E-state index contributed by atoms with van der Waals surface area (Å²) in [6, 6.07) is 0.0309. The number of aromatic nitrogens is 1. The fraction of sp³-hybridized carbons (Fsp3) is 0.750. The van der Waals surface area contributed by atoms with Crippen molar-refractivity contribution in [3.05, 3.63) is 4.88 Å². The minimum atomic E-state index is -2.87. The molecule has 1 atom stereocenters. The van der Waals surface area contributed by atoms with Crippen LogP contribution >= 0.6 is 11.3 Å². The Labute approximate surface area is 124 Å². The molecule has 20 heavy (non-hydrogen) atoms. The van der Waals surface area contributed by atoms with Crippen molar-refractivity contribution < 1.29 is 13.2 Å². The summed E-state index contributed by atoms with van der Waals surface area (Å²) in [4.78, 5) is 7.32. The van der Waals surface area contributed by atoms with Crippen LogP contribution in [-0.4, -0.2) is 52.2 Å². The van der Waals surface area contributed by atoms with Gasteiger partial charge in [-0.15, -0.1) is 0 Å². The quantitative estimate of drug-likeness (QED) is 0.869. The fourth-order valence-corrected chi connectivity index (χ4v) is 4.78. The van der Waals surface area contributed by atoms with E-state index >= 15 is 0 Å². The van der Waals surface area contributed by atoms with E-state index in [1.54, 1.807) is 18.4 Å². The number of rotatable bonds is 5. The lowest BCUT2D eigenvalue weighted by molar-refractivity contribution is 0.392. The molecular weight excluding hydrogens is 298 g/mol. The Morgan fingerprint density at radius 1 is 1.50 bits per heavy atom. The zero-order valence-electron chi connectivity index (χ0n) is 12.0. The lowest BCUT2D eigenvalue weighted by Gasteiger charge is -2.22. The molecule has 1 aliphatic rings. The summed E-state index contributed by atoms with van der Waals surface area (Å²) >= 11 is 1.56. The van der Waals surface area contributed by atoms with Gasteiger partial charge in [0.25, 0.3) is 0 Å². The molecule has 0 bridgehead atoms. The highest BCUT2D eigenvalue weighted by Gasteiger charge is 2.25. The predicted octanol–water partition coefficient (Wildman–Crippen LogP) is 0.885. The highest BCUT2D eigenvalue weighted by molar-refractivity contribution is 7.91. The van der Waals surface area contributed by atoms with Crippen LogP contribution in [0.15, 0.2) is 0 Å². The molecule has 1 aromatic heterocycles. The number of thiazole rings is 1. The van der Waals surface area contributed by atoms with Gasteiger partial charge >= 0.3 is 0 Å². The monoisotopic (exact) mass is 319 g/mol. The summed E-state index contributed by atoms with van der Waals surface area (Å²) in [5, 5.41) is 4.20. The molecule has 0 radical (unpaired) electrons. The van der Waals surface area contributed by atoms with E-state index in [9.17, 15) is 8.42 Å². The van der Waals surface area contributed by atoms with E-state index in [4.69, 9.17) is 4.74 Å². The molecule has 1 fully saturated rings. The second kappa shape index (κ2) is 6.28. The topological polar surface area (TPSA) is 71.5 Å². The standard InChI is InChI=1S/C12H21N3O3S2/c1-15(2)12-14-11(18-3)10(19-12)7-13-9-5-4-6-20(16,17)8-9/h9,13H,4-8H2,1-3H3. The molecule has 1 unspecified atom stereocenters. The molecule has 1 aliphatic heterocycles. The van der Waals surface area contributed by atoms with E-state index < -0.39 is 9.84 Å². The van der Waals surface area contributed by atoms with Crippen LogP contribution in [0.25, 0.3) is 0 Å². The van der Waals surface area contributed by atoms with Gasteiger partial charge in [-0.2, -0.15) is 4.98 Å². The molecule has 8 heteroatoms. The molecule has 0 saturated carbocycles. The maximum absolute atomic E-state index is 11.6. The molecular formula is C12H21N3O3S2. The van der Waals surface area contributed by atoms with Crippen LogP contribution in [0.2, 0.25) is 0 Å². The molecule has 0 spiro atoms. The van der Waals surface area contributed by atoms with E-state index in [1.807, 2.05) is 19.0 Å². The molecule has 0 aliphatic carbocycles. The number of ether oxygens (including phenoxy) is 1. The number of anilines is 1. The van der Waals surface area contributed by atoms with Crippen molar-refractivity contribution in [1.29, 1.82) is 0 Å². The SMILES string of the molecule is COc1nc(N(C)C)sc1CNC1CCCS(=O)(=O)C1. The van der Waals surface area contributed by atoms with Crippen LogP contribution in [0.1, 0.15) is 17.7 Å². The van der Waals surface area contributed by atoms with Crippen molar-refractivity contribution >= 4 is 26.3 Å². The van der Waals surface area contributed by atoms with Crippen LogP contribution in [-0.2, 0) is 16.4 Å². The molecule has 1 aromatic rings. The van der Waals surface area contributed by atoms with Crippen molar-refractivity contribution in [3.63, 3.8) is 0 Å². The zero-order valence-corrected chi connectivity index (χ0v) is 13.7. The molecule has 1 saturated heterocycles. The van der Waals surface area contributed by atoms with Gasteiger partial charge in [-0.3, -0.25) is 0 Å². The molecule has 114 valence electrons. The van der Waals surface area contributed by atoms with Crippen molar-refractivity contribution in [3.8, 4) is 5.88 Å². The first-order chi connectivity index (χ1) is 9.41. The smallest absolute Gasteiger partial charge is 0.230 e. The van der Waals surface area contributed by atoms with Gasteiger partial charge in [0.1, 0.15) is 0 Å². The number of nitrogens with zero attached hydrogens (tertiary/aromatic N) is 2. The van der Waals surface area contributed by atoms with Crippen molar-refractivity contribution in [2.45, 2.75) is 25.4 Å². The lowest BCUT2D eigenvalue weighted by Crippen LogP contribution is -2.39. The second-order valence-electron chi connectivity index (χ2n) is 5.16. The number of nitrogens with one attached hydrogen (secondary N) is 1. The maximum Gasteiger partial charge on any atom is 0.230 e. The highest BCUT2D eigenvalue weighted by Crippen LogP contribution is 2.30. The lowest BCUT2D eigenvalue weighted by atomic mass is 10.2. The summed E-state index contributed by atoms with van der Waals surface area (Å²) in [5.41, 5.74) is 0. The van der Waals surface area contributed by atoms with E-state index in [0.717, 1.165) is 22.9 Å². The summed E-state index contributed by atoms with van der Waals surface area (Å²) < 4.78 is 28.5. The predicted molar refractivity (Wildman–Crippen MR) is 81.5 cm³/mol. The minimum Gasteiger partial charge on any atom is -0.480 e. The molecule has 2 rings (SSSR count). The molecule has 1 N–H and O–H groups in total. The zero-order chi connectivity index (χ0) is 14.8. The van der Waals surface area contributed by atoms with Gasteiger partial charge in [0, 0.05) is 26.7 Å². The Kier molecular flexibility index (Phi) is 4.87. The van der Waals surface area contributed by atoms with Crippen molar-refractivity contribution in [2.75, 3.05) is 37.6 Å². The third-order valence-corrected chi connectivity index (χ3v) is 6.27. The third-order valence-electron chi connectivity index (χ3n) is 3.24. The summed E-state index contributed by atoms with van der Waals surface area (Å²) in [5.74, 6) is 1.17. The normalized spacial score (nSPS) is 21.6. The molecule has 2 heterocycles. The Morgan fingerprint density at radius 3 is 2.85 bits per heavy atom. The van der Waals surface area contributed by atoms with Gasteiger partial charge in [0.05, 0.1) is 23.5 Å². The van der Waals surface area contributed by atoms with Crippen LogP contribution in [0.5, 0.6) is 5.88 Å². The van der Waals surface area contributed by atoms with Crippen molar-refractivity contribution in [1.82, 2.24) is 10.3 Å². The average molecular weight is 319 g/mol. The van der Waals surface area contributed by atoms with Gasteiger partial charge in [-0.05, 0) is 12.8 Å². The minimum absolute atomic E-state index is 0.0309. The Bertz CT molecular complexity index is 554. The number of hydrogen-bond donors (Lipinski definition) is 1. The van der Waals surface area contributed by atoms with E-state index in [0.29, 0.717) is 18.2 Å². The highest BCUT2D eigenvalue weighted by atomic mass is 32.2. The largest absolute Gasteiger partial charge is 0.480 e. The van der Waals surface area contributed by atoms with E-state index in [-0.39, 0.29) is 11.8 Å². The van der Waals surface area contributed by atoms with Gasteiger partial charge in [0.2, 0.25) is 5.88 Å². The summed E-state index contributed by atoms with van der Waals surface area (Å²) in [7, 11) is 2.59. The van der Waals surface area contributed by atoms with Gasteiger partial charge in [-0.1, -0.05) is 11.3 Å². The van der Waals surface area contributed by atoms with Gasteiger partial charge in [-0.25, -0.2) is 8.42 Å². The molecule has 6 nitrogen and oxygen atoms in total. The van der Waals surface area contributed by atoms with Gasteiger partial charge in [0.15, 0.2) is 15.0 Å². The Balaban J connectivity index is 2.00.